The molecule has 0 radical (unpaired) electrons. The van der Waals surface area contributed by atoms with Gasteiger partial charge in [-0.1, -0.05) is 0 Å². The Kier molecular flexibility index (Phi) is 10.4. The van der Waals surface area contributed by atoms with Crippen molar-refractivity contribution in [3.05, 3.63) is 12.2 Å². The van der Waals surface area contributed by atoms with Crippen LogP contribution in [0.3, 0.4) is 0 Å². The number of amides is 2. The molecule has 0 aromatic heterocycles. The summed E-state index contributed by atoms with van der Waals surface area (Å²) in [4.78, 5) is 23.6. The fourth-order valence-corrected chi connectivity index (χ4v) is 1.65. The van der Waals surface area contributed by atoms with Crippen molar-refractivity contribution in [1.29, 1.82) is 0 Å². The van der Waals surface area contributed by atoms with Crippen LogP contribution in [0.25, 0.3) is 0 Å². The highest BCUT2D eigenvalue weighted by Crippen LogP contribution is 2.02. The molecule has 0 fully saturated rings. The van der Waals surface area contributed by atoms with E-state index in [9.17, 15) is 9.59 Å². The van der Waals surface area contributed by atoms with E-state index >= 15 is 0 Å². The molecule has 1 aliphatic rings. The fraction of sp³-hybridized carbons (Fsp3) is 0.714. The summed E-state index contributed by atoms with van der Waals surface area (Å²) in [5.41, 5.74) is 5.27. The van der Waals surface area contributed by atoms with Crippen molar-refractivity contribution in [3.8, 4) is 0 Å². The van der Waals surface area contributed by atoms with Gasteiger partial charge in [0.15, 0.2) is 0 Å². The summed E-state index contributed by atoms with van der Waals surface area (Å²) in [5.74, 6) is -0.588. The Morgan fingerprint density at radius 2 is 1.14 bits per heavy atom. The Morgan fingerprint density at radius 1 is 0.727 bits per heavy atom. The van der Waals surface area contributed by atoms with Crippen LogP contribution in [-0.4, -0.2) is 82.7 Å². The number of hydrogen-bond donors (Lipinski definition) is 1. The molecule has 1 aliphatic heterocycles. The fourth-order valence-electron chi connectivity index (χ4n) is 1.65. The molecule has 0 aromatic rings. The van der Waals surface area contributed by atoms with Crippen LogP contribution in [0.4, 0.5) is 0 Å². The lowest BCUT2D eigenvalue weighted by molar-refractivity contribution is -0.137. The molecule has 2 N–H and O–H groups in total. The van der Waals surface area contributed by atoms with E-state index in [1.165, 1.54) is 12.2 Å². The summed E-state index contributed by atoms with van der Waals surface area (Å²) in [6, 6.07) is 0. The number of nitrogens with zero attached hydrogens (tertiary/aromatic N) is 1. The van der Waals surface area contributed by atoms with Gasteiger partial charge in [0.1, 0.15) is 0 Å². The first kappa shape index (κ1) is 18.7. The first-order chi connectivity index (χ1) is 10.8. The number of nitrogens with two attached hydrogens (primary N) is 1. The average molecular weight is 316 g/mol. The van der Waals surface area contributed by atoms with Crippen molar-refractivity contribution in [2.75, 3.05) is 65.9 Å². The molecular formula is C14H24N2O6. The minimum Gasteiger partial charge on any atom is -0.378 e. The monoisotopic (exact) mass is 316 g/mol. The third kappa shape index (κ3) is 8.20. The molecule has 0 aromatic carbocycles. The number of carbonyl (C=O) groups is 2. The van der Waals surface area contributed by atoms with Crippen LogP contribution in [0.15, 0.2) is 12.2 Å². The van der Waals surface area contributed by atoms with Gasteiger partial charge in [0.05, 0.1) is 59.4 Å². The molecule has 0 saturated heterocycles. The Labute approximate surface area is 130 Å². The van der Waals surface area contributed by atoms with E-state index in [0.717, 1.165) is 4.90 Å². The smallest absolute Gasteiger partial charge is 0.253 e. The van der Waals surface area contributed by atoms with Crippen LogP contribution >= 0.6 is 0 Å². The minimum atomic E-state index is -0.294. The molecule has 8 nitrogen and oxygen atoms in total. The van der Waals surface area contributed by atoms with E-state index in [2.05, 4.69) is 0 Å². The SMILES string of the molecule is NCCOCCOCCOCCOCCN1C(=O)C=CC1=O. The normalized spacial score (nSPS) is 14.3. The van der Waals surface area contributed by atoms with Crippen LogP contribution in [0.1, 0.15) is 0 Å². The number of imide groups is 1. The van der Waals surface area contributed by atoms with Gasteiger partial charge in [-0.05, 0) is 0 Å². The number of hydrogen-bond acceptors (Lipinski definition) is 7. The first-order valence-corrected chi connectivity index (χ1v) is 7.30. The summed E-state index contributed by atoms with van der Waals surface area (Å²) in [5, 5.41) is 0. The molecule has 8 heteroatoms. The summed E-state index contributed by atoms with van der Waals surface area (Å²) in [6.45, 7) is 4.49. The molecule has 0 spiro atoms. The quantitative estimate of drug-likeness (QED) is 0.322. The van der Waals surface area contributed by atoms with Crippen molar-refractivity contribution in [2.24, 2.45) is 5.73 Å². The zero-order valence-corrected chi connectivity index (χ0v) is 12.7. The molecule has 0 saturated carbocycles. The Hall–Kier alpha value is -1.32. The van der Waals surface area contributed by atoms with Crippen LogP contribution in [0.2, 0.25) is 0 Å². The largest absolute Gasteiger partial charge is 0.378 e. The van der Waals surface area contributed by atoms with Crippen molar-refractivity contribution in [1.82, 2.24) is 4.90 Å². The summed E-state index contributed by atoms with van der Waals surface area (Å²) >= 11 is 0. The highest BCUT2D eigenvalue weighted by molar-refractivity contribution is 6.12. The molecule has 1 heterocycles. The second-order valence-corrected chi connectivity index (χ2v) is 4.40. The van der Waals surface area contributed by atoms with E-state index in [1.54, 1.807) is 0 Å². The molecule has 1 rings (SSSR count). The average Bonchev–Trinajstić information content (AvgIpc) is 2.83. The predicted octanol–water partition coefficient (Wildman–Crippen LogP) is -1.06. The number of rotatable bonds is 14. The molecular weight excluding hydrogens is 292 g/mol. The van der Waals surface area contributed by atoms with Crippen LogP contribution in [0, 0.1) is 0 Å². The van der Waals surface area contributed by atoms with E-state index in [0.29, 0.717) is 59.4 Å². The van der Waals surface area contributed by atoms with Crippen molar-refractivity contribution >= 4 is 11.8 Å². The first-order valence-electron chi connectivity index (χ1n) is 7.30. The maximum absolute atomic E-state index is 11.2. The van der Waals surface area contributed by atoms with Crippen LogP contribution in [-0.2, 0) is 28.5 Å². The second kappa shape index (κ2) is 12.2. The van der Waals surface area contributed by atoms with Gasteiger partial charge in [0, 0.05) is 18.7 Å². The molecule has 22 heavy (non-hydrogen) atoms. The molecule has 126 valence electrons. The Bertz CT molecular complexity index is 343. The Morgan fingerprint density at radius 3 is 1.59 bits per heavy atom. The van der Waals surface area contributed by atoms with Gasteiger partial charge in [-0.25, -0.2) is 0 Å². The van der Waals surface area contributed by atoms with Gasteiger partial charge < -0.3 is 24.7 Å². The lowest BCUT2D eigenvalue weighted by Gasteiger charge is -2.13. The van der Waals surface area contributed by atoms with Gasteiger partial charge >= 0.3 is 0 Å². The Balaban J connectivity index is 1.79. The summed E-state index contributed by atoms with van der Waals surface area (Å²) in [7, 11) is 0. The lowest BCUT2D eigenvalue weighted by atomic mass is 10.5. The summed E-state index contributed by atoms with van der Waals surface area (Å²) in [6.07, 6.45) is 2.51. The van der Waals surface area contributed by atoms with Gasteiger partial charge in [-0.2, -0.15) is 0 Å². The molecule has 0 atom stereocenters. The number of ether oxygens (including phenoxy) is 4. The third-order valence-electron chi connectivity index (χ3n) is 2.74. The van der Waals surface area contributed by atoms with Gasteiger partial charge in [0.25, 0.3) is 11.8 Å². The maximum Gasteiger partial charge on any atom is 0.253 e. The minimum absolute atomic E-state index is 0.260. The van der Waals surface area contributed by atoms with Crippen LogP contribution in [0.5, 0.6) is 0 Å². The molecule has 0 bridgehead atoms. The molecule has 0 unspecified atom stereocenters. The van der Waals surface area contributed by atoms with Crippen molar-refractivity contribution in [2.45, 2.75) is 0 Å². The number of carbonyl (C=O) groups excluding carboxylic acids is 2. The zero-order valence-electron chi connectivity index (χ0n) is 12.7. The van der Waals surface area contributed by atoms with E-state index < -0.39 is 0 Å². The predicted molar refractivity (Wildman–Crippen MR) is 78.2 cm³/mol. The van der Waals surface area contributed by atoms with Gasteiger partial charge in [-0.15, -0.1) is 0 Å². The second-order valence-electron chi connectivity index (χ2n) is 4.40. The van der Waals surface area contributed by atoms with E-state index in [-0.39, 0.29) is 18.4 Å². The highest BCUT2D eigenvalue weighted by atomic mass is 16.6. The maximum atomic E-state index is 11.2. The standard InChI is InChI=1S/C14H24N2O6/c15-3-5-19-7-9-21-11-12-22-10-8-20-6-4-16-13(17)1-2-14(16)18/h1-2H,3-12,15H2. The highest BCUT2D eigenvalue weighted by Gasteiger charge is 2.22. The van der Waals surface area contributed by atoms with Crippen molar-refractivity contribution < 1.29 is 28.5 Å². The topological polar surface area (TPSA) is 100 Å². The molecule has 0 aliphatic carbocycles. The molecule has 2 amide bonds. The van der Waals surface area contributed by atoms with E-state index in [4.69, 9.17) is 24.7 Å². The van der Waals surface area contributed by atoms with Crippen LogP contribution < -0.4 is 5.73 Å². The van der Waals surface area contributed by atoms with Crippen molar-refractivity contribution in [3.63, 3.8) is 0 Å². The van der Waals surface area contributed by atoms with Gasteiger partial charge in [-0.3, -0.25) is 14.5 Å². The summed E-state index contributed by atoms with van der Waals surface area (Å²) < 4.78 is 21.0. The zero-order chi connectivity index (χ0) is 16.0. The third-order valence-corrected chi connectivity index (χ3v) is 2.74. The van der Waals surface area contributed by atoms with Gasteiger partial charge in [0.2, 0.25) is 0 Å². The van der Waals surface area contributed by atoms with E-state index in [1.807, 2.05) is 0 Å². The lowest BCUT2D eigenvalue weighted by Crippen LogP contribution is -2.33.